The molecule has 2 N–H and O–H groups in total. The molecule has 1 unspecified atom stereocenters. The van der Waals surface area contributed by atoms with Crippen molar-refractivity contribution in [2.75, 3.05) is 13.7 Å². The fourth-order valence-corrected chi connectivity index (χ4v) is 3.57. The molecule has 0 aliphatic heterocycles. The molecule has 2 amide bonds. The van der Waals surface area contributed by atoms with Crippen molar-refractivity contribution in [3.63, 3.8) is 0 Å². The van der Waals surface area contributed by atoms with Gasteiger partial charge in [0.25, 0.3) is 5.88 Å². The number of aromatic nitrogens is 3. The summed E-state index contributed by atoms with van der Waals surface area (Å²) < 4.78 is 46.7. The fraction of sp³-hybridized carbons (Fsp3) is 0.364. The van der Waals surface area contributed by atoms with Gasteiger partial charge in [-0.15, -0.1) is 0 Å². The summed E-state index contributed by atoms with van der Waals surface area (Å²) in [6, 6.07) is 2.97. The summed E-state index contributed by atoms with van der Waals surface area (Å²) >= 11 is 0. The summed E-state index contributed by atoms with van der Waals surface area (Å²) in [7, 11) is 1.48. The van der Waals surface area contributed by atoms with Crippen LogP contribution in [-0.4, -0.2) is 62.2 Å². The second-order valence-corrected chi connectivity index (χ2v) is 7.52. The third-order valence-corrected chi connectivity index (χ3v) is 5.34. The van der Waals surface area contributed by atoms with Crippen LogP contribution in [0.1, 0.15) is 31.9 Å². The third-order valence-electron chi connectivity index (χ3n) is 5.34. The Morgan fingerprint density at radius 2 is 2.06 bits per heavy atom. The molecule has 0 saturated heterocycles. The summed E-state index contributed by atoms with van der Waals surface area (Å²) in [5.74, 6) is -1.34. The van der Waals surface area contributed by atoms with E-state index >= 15 is 0 Å². The molecule has 0 aliphatic carbocycles. The minimum absolute atomic E-state index is 0.0992. The molecule has 0 aliphatic rings. The number of carboxylic acids is 1. The molecule has 1 aromatic carbocycles. The number of carbonyl (C=O) groups excluding carboxylic acids is 1. The molecular weight excluding hydrogens is 455 g/mol. The van der Waals surface area contributed by atoms with Crippen molar-refractivity contribution >= 4 is 17.6 Å². The van der Waals surface area contributed by atoms with E-state index < -0.39 is 36.7 Å². The molecule has 2 heterocycles. The van der Waals surface area contributed by atoms with E-state index in [-0.39, 0.29) is 6.54 Å². The van der Waals surface area contributed by atoms with Crippen LogP contribution in [0.4, 0.5) is 18.0 Å². The smallest absolute Gasteiger partial charge is 0.409 e. The monoisotopic (exact) mass is 479 g/mol. The van der Waals surface area contributed by atoms with Crippen LogP contribution >= 0.6 is 0 Å². The number of imidazole rings is 1. The standard InChI is InChI=1S/C22H24F3N5O4/c1-4-30(21(33)28-17(11-18(31)32)22(23,24)25)13(2)14-6-5-7-15(10-14)16-12-29-9-8-26-19(29)20(27-16)34-3/h5-10,12-13,17H,4,11H2,1-3H3,(H,28,33)(H,31,32)/t13-,17?/m1/s1. The molecule has 34 heavy (non-hydrogen) atoms. The van der Waals surface area contributed by atoms with E-state index in [1.54, 1.807) is 55.0 Å². The number of carbonyl (C=O) groups is 2. The Hall–Kier alpha value is -3.83. The maximum atomic E-state index is 13.2. The number of carboxylic acid groups (broad SMARTS) is 1. The van der Waals surface area contributed by atoms with Gasteiger partial charge in [-0.3, -0.25) is 4.79 Å². The summed E-state index contributed by atoms with van der Waals surface area (Å²) in [5.41, 5.74) is 2.48. The highest BCUT2D eigenvalue weighted by Gasteiger charge is 2.43. The van der Waals surface area contributed by atoms with Crippen molar-refractivity contribution in [3.05, 3.63) is 48.4 Å². The molecule has 2 atom stereocenters. The average Bonchev–Trinajstić information content (AvgIpc) is 3.26. The number of nitrogens with zero attached hydrogens (tertiary/aromatic N) is 4. The number of methoxy groups -OCH3 is 1. The minimum atomic E-state index is -4.90. The van der Waals surface area contributed by atoms with Crippen LogP contribution in [-0.2, 0) is 4.79 Å². The molecule has 182 valence electrons. The number of benzene rings is 1. The van der Waals surface area contributed by atoms with E-state index in [0.717, 1.165) is 0 Å². The van der Waals surface area contributed by atoms with Crippen LogP contribution in [0.25, 0.3) is 16.9 Å². The van der Waals surface area contributed by atoms with Gasteiger partial charge in [0, 0.05) is 30.7 Å². The normalized spacial score (nSPS) is 13.4. The van der Waals surface area contributed by atoms with Gasteiger partial charge in [0.15, 0.2) is 5.65 Å². The van der Waals surface area contributed by atoms with Crippen LogP contribution < -0.4 is 10.1 Å². The number of aliphatic carboxylic acids is 1. The molecule has 0 spiro atoms. The van der Waals surface area contributed by atoms with Gasteiger partial charge in [-0.2, -0.15) is 13.2 Å². The van der Waals surface area contributed by atoms with Crippen LogP contribution in [0.15, 0.2) is 42.9 Å². The third kappa shape index (κ3) is 5.38. The predicted octanol–water partition coefficient (Wildman–Crippen LogP) is 3.90. The molecule has 9 nitrogen and oxygen atoms in total. The number of hydrogen-bond acceptors (Lipinski definition) is 5. The van der Waals surface area contributed by atoms with Gasteiger partial charge in [0.1, 0.15) is 6.04 Å². The Morgan fingerprint density at radius 1 is 1.32 bits per heavy atom. The number of halogens is 3. The first-order chi connectivity index (χ1) is 16.0. The molecular formula is C22H24F3N5O4. The zero-order valence-corrected chi connectivity index (χ0v) is 18.7. The van der Waals surface area contributed by atoms with Crippen molar-refractivity contribution in [1.82, 2.24) is 24.6 Å². The van der Waals surface area contributed by atoms with Gasteiger partial charge in [-0.25, -0.2) is 14.8 Å². The molecule has 0 radical (unpaired) electrons. The van der Waals surface area contributed by atoms with Crippen molar-refractivity contribution in [1.29, 1.82) is 0 Å². The largest absolute Gasteiger partial charge is 0.481 e. The van der Waals surface area contributed by atoms with Crippen molar-refractivity contribution in [2.45, 2.75) is 38.5 Å². The number of nitrogens with one attached hydrogen (secondary N) is 1. The maximum Gasteiger partial charge on any atom is 0.409 e. The topological polar surface area (TPSA) is 109 Å². The number of amides is 2. The number of hydrogen-bond donors (Lipinski definition) is 2. The van der Waals surface area contributed by atoms with E-state index in [1.165, 1.54) is 12.0 Å². The lowest BCUT2D eigenvalue weighted by atomic mass is 10.0. The van der Waals surface area contributed by atoms with Gasteiger partial charge in [-0.05, 0) is 25.5 Å². The van der Waals surface area contributed by atoms with Crippen molar-refractivity contribution < 1.29 is 32.6 Å². The second-order valence-electron chi connectivity index (χ2n) is 7.52. The van der Waals surface area contributed by atoms with Crippen molar-refractivity contribution in [3.8, 4) is 17.1 Å². The average molecular weight is 479 g/mol. The number of urea groups is 1. The fourth-order valence-electron chi connectivity index (χ4n) is 3.57. The van der Waals surface area contributed by atoms with Gasteiger partial charge in [-0.1, -0.05) is 18.2 Å². The van der Waals surface area contributed by atoms with Gasteiger partial charge in [0.05, 0.1) is 25.3 Å². The zero-order valence-electron chi connectivity index (χ0n) is 18.7. The predicted molar refractivity (Wildman–Crippen MR) is 116 cm³/mol. The summed E-state index contributed by atoms with van der Waals surface area (Å²) in [4.78, 5) is 33.4. The van der Waals surface area contributed by atoms with E-state index in [9.17, 15) is 22.8 Å². The first-order valence-electron chi connectivity index (χ1n) is 10.4. The maximum absolute atomic E-state index is 13.2. The molecule has 3 aromatic rings. The molecule has 2 aromatic heterocycles. The summed E-state index contributed by atoms with van der Waals surface area (Å²) in [6.07, 6.45) is -1.04. The number of fused-ring (bicyclic) bond motifs is 1. The Bertz CT molecular complexity index is 1180. The minimum Gasteiger partial charge on any atom is -0.481 e. The van der Waals surface area contributed by atoms with Gasteiger partial charge in [0.2, 0.25) is 0 Å². The Labute approximate surface area is 193 Å². The Kier molecular flexibility index (Phi) is 7.28. The summed E-state index contributed by atoms with van der Waals surface area (Å²) in [6.45, 7) is 3.40. The van der Waals surface area contributed by atoms with E-state index in [0.29, 0.717) is 28.3 Å². The Morgan fingerprint density at radius 3 is 2.68 bits per heavy atom. The molecule has 0 bridgehead atoms. The van der Waals surface area contributed by atoms with E-state index in [2.05, 4.69) is 9.97 Å². The van der Waals surface area contributed by atoms with Crippen LogP contribution in [0.2, 0.25) is 0 Å². The van der Waals surface area contributed by atoms with Gasteiger partial charge >= 0.3 is 18.2 Å². The molecule has 3 rings (SSSR count). The number of ether oxygens (including phenoxy) is 1. The molecule has 0 fully saturated rings. The summed E-state index contributed by atoms with van der Waals surface area (Å²) in [5, 5.41) is 10.6. The Balaban J connectivity index is 1.87. The number of alkyl halides is 3. The highest BCUT2D eigenvalue weighted by Crippen LogP contribution is 2.28. The highest BCUT2D eigenvalue weighted by atomic mass is 19.4. The first-order valence-corrected chi connectivity index (χ1v) is 10.4. The van der Waals surface area contributed by atoms with Crippen LogP contribution in [0.3, 0.4) is 0 Å². The quantitative estimate of drug-likeness (QED) is 0.507. The van der Waals surface area contributed by atoms with E-state index in [4.69, 9.17) is 9.84 Å². The lowest BCUT2D eigenvalue weighted by molar-refractivity contribution is -0.165. The van der Waals surface area contributed by atoms with Gasteiger partial charge < -0.3 is 24.5 Å². The van der Waals surface area contributed by atoms with Crippen LogP contribution in [0.5, 0.6) is 5.88 Å². The SMILES string of the molecule is CCN(C(=O)NC(CC(=O)O)C(F)(F)F)[C@H](C)c1cccc(-c2cn3ccnc3c(OC)n2)c1. The number of rotatable bonds is 8. The highest BCUT2D eigenvalue weighted by molar-refractivity contribution is 5.76. The lowest BCUT2D eigenvalue weighted by Crippen LogP contribution is -2.52. The van der Waals surface area contributed by atoms with Crippen LogP contribution in [0, 0.1) is 0 Å². The lowest BCUT2D eigenvalue weighted by Gasteiger charge is -2.31. The van der Waals surface area contributed by atoms with E-state index in [1.807, 2.05) is 11.4 Å². The molecule has 0 saturated carbocycles. The van der Waals surface area contributed by atoms with Crippen molar-refractivity contribution in [2.24, 2.45) is 0 Å². The first kappa shape index (κ1) is 24.8. The zero-order chi connectivity index (χ0) is 25.0. The molecule has 12 heteroatoms. The second kappa shape index (κ2) is 9.98.